The van der Waals surface area contributed by atoms with Crippen LogP contribution in [0.1, 0.15) is 26.4 Å². The molecule has 0 bridgehead atoms. The lowest BCUT2D eigenvalue weighted by molar-refractivity contribution is 0.0535. The van der Waals surface area contributed by atoms with Crippen LogP contribution in [0.15, 0.2) is 78.9 Å². The van der Waals surface area contributed by atoms with Crippen LogP contribution < -0.4 is 9.47 Å². The van der Waals surface area contributed by atoms with E-state index in [0.29, 0.717) is 48.1 Å². The van der Waals surface area contributed by atoms with Gasteiger partial charge in [-0.3, -0.25) is 9.59 Å². The molecule has 7 nitrogen and oxygen atoms in total. The van der Waals surface area contributed by atoms with Crippen LogP contribution >= 0.6 is 11.6 Å². The number of benzene rings is 3. The highest BCUT2D eigenvalue weighted by molar-refractivity contribution is 6.30. The van der Waals surface area contributed by atoms with Gasteiger partial charge in [-0.2, -0.15) is 0 Å². The van der Waals surface area contributed by atoms with Gasteiger partial charge in [-0.05, 0) is 79.2 Å². The van der Waals surface area contributed by atoms with Crippen molar-refractivity contribution in [2.75, 3.05) is 40.4 Å². The zero-order chi connectivity index (χ0) is 27.5. The molecule has 0 radical (unpaired) electrons. The number of rotatable bonds is 6. The Labute approximate surface area is 233 Å². The molecule has 1 aliphatic rings. The largest absolute Gasteiger partial charge is 0.497 e. The van der Waals surface area contributed by atoms with Gasteiger partial charge in [-0.25, -0.2) is 0 Å². The lowest BCUT2D eigenvalue weighted by Gasteiger charge is -2.35. The number of carbonyl (C=O) groups excluding carboxylic acids is 2. The average molecular weight is 544 g/mol. The Bertz CT molecular complexity index is 1470. The fraction of sp³-hybridized carbons (Fsp3) is 0.226. The van der Waals surface area contributed by atoms with Crippen molar-refractivity contribution < 1.29 is 19.1 Å². The van der Waals surface area contributed by atoms with Gasteiger partial charge in [0.1, 0.15) is 11.5 Å². The quantitative estimate of drug-likeness (QED) is 0.312. The second kappa shape index (κ2) is 11.3. The summed E-state index contributed by atoms with van der Waals surface area (Å²) in [5.74, 6) is 1.37. The third-order valence-electron chi connectivity index (χ3n) is 7.14. The molecule has 2 amide bonds. The molecule has 0 N–H and O–H groups in total. The van der Waals surface area contributed by atoms with Crippen molar-refractivity contribution in [1.82, 2.24) is 14.4 Å². The van der Waals surface area contributed by atoms with Gasteiger partial charge in [0.25, 0.3) is 11.8 Å². The number of methoxy groups -OCH3 is 2. The van der Waals surface area contributed by atoms with Crippen molar-refractivity contribution in [3.8, 4) is 28.4 Å². The number of piperazine rings is 1. The Hall–Kier alpha value is -4.23. The van der Waals surface area contributed by atoms with Crippen LogP contribution in [-0.2, 0) is 0 Å². The number of nitrogens with zero attached hydrogens (tertiary/aromatic N) is 3. The number of ether oxygens (including phenoxy) is 2. The van der Waals surface area contributed by atoms with E-state index in [-0.39, 0.29) is 11.8 Å². The highest BCUT2D eigenvalue weighted by atomic mass is 35.5. The molecule has 0 atom stereocenters. The normalized spacial score (nSPS) is 13.3. The molecule has 1 saturated heterocycles. The van der Waals surface area contributed by atoms with E-state index in [1.54, 1.807) is 43.4 Å². The fourth-order valence-electron chi connectivity index (χ4n) is 4.92. The first-order valence-corrected chi connectivity index (χ1v) is 13.1. The molecule has 5 rings (SSSR count). The van der Waals surface area contributed by atoms with E-state index in [1.807, 2.05) is 66.4 Å². The summed E-state index contributed by atoms with van der Waals surface area (Å²) in [4.78, 5) is 30.4. The predicted molar refractivity (Wildman–Crippen MR) is 152 cm³/mol. The van der Waals surface area contributed by atoms with Crippen LogP contribution in [0.4, 0.5) is 0 Å². The Morgan fingerprint density at radius 1 is 0.718 bits per heavy atom. The molecule has 3 aromatic carbocycles. The Balaban J connectivity index is 1.39. The summed E-state index contributed by atoms with van der Waals surface area (Å²) in [6.07, 6.45) is 0. The standard InChI is InChI=1S/C31H30ClN3O4/c1-21-28(31(37)34-18-16-33(17-19-34)30(36)23-6-12-26(38-2)13-7-23)20-29(22-4-8-24(32)9-5-22)35(21)25-10-14-27(39-3)15-11-25/h4-15,20H,16-19H2,1-3H3. The minimum absolute atomic E-state index is 0.0448. The van der Waals surface area contributed by atoms with Crippen LogP contribution in [-0.4, -0.2) is 66.6 Å². The van der Waals surface area contributed by atoms with E-state index in [0.717, 1.165) is 28.4 Å². The first-order valence-electron chi connectivity index (χ1n) is 12.7. The molecule has 4 aromatic rings. The third kappa shape index (κ3) is 5.36. The summed E-state index contributed by atoms with van der Waals surface area (Å²) in [6.45, 7) is 3.83. The highest BCUT2D eigenvalue weighted by Crippen LogP contribution is 2.32. The molecule has 1 aliphatic heterocycles. The van der Waals surface area contributed by atoms with E-state index in [4.69, 9.17) is 21.1 Å². The van der Waals surface area contributed by atoms with Gasteiger partial charge in [-0.15, -0.1) is 0 Å². The maximum absolute atomic E-state index is 13.8. The third-order valence-corrected chi connectivity index (χ3v) is 7.39. The molecule has 200 valence electrons. The molecule has 1 fully saturated rings. The van der Waals surface area contributed by atoms with Crippen LogP contribution in [0.3, 0.4) is 0 Å². The Morgan fingerprint density at radius 2 is 1.23 bits per heavy atom. The molecular formula is C31H30ClN3O4. The number of aromatic nitrogens is 1. The second-order valence-corrected chi connectivity index (χ2v) is 9.82. The van der Waals surface area contributed by atoms with Crippen molar-refractivity contribution in [1.29, 1.82) is 0 Å². The first kappa shape index (κ1) is 26.4. The molecule has 1 aromatic heterocycles. The summed E-state index contributed by atoms with van der Waals surface area (Å²) >= 11 is 6.15. The Morgan fingerprint density at radius 3 is 1.77 bits per heavy atom. The number of amides is 2. The second-order valence-electron chi connectivity index (χ2n) is 9.38. The molecule has 0 saturated carbocycles. The number of hydrogen-bond acceptors (Lipinski definition) is 4. The fourth-order valence-corrected chi connectivity index (χ4v) is 5.05. The van der Waals surface area contributed by atoms with E-state index < -0.39 is 0 Å². The molecule has 0 spiro atoms. The smallest absolute Gasteiger partial charge is 0.255 e. The van der Waals surface area contributed by atoms with Crippen molar-refractivity contribution >= 4 is 23.4 Å². The summed E-state index contributed by atoms with van der Waals surface area (Å²) in [5, 5.41) is 0.649. The van der Waals surface area contributed by atoms with Gasteiger partial charge >= 0.3 is 0 Å². The van der Waals surface area contributed by atoms with Crippen molar-refractivity contribution in [2.24, 2.45) is 0 Å². The zero-order valence-corrected chi connectivity index (χ0v) is 22.9. The lowest BCUT2D eigenvalue weighted by Crippen LogP contribution is -2.50. The molecule has 39 heavy (non-hydrogen) atoms. The van der Waals surface area contributed by atoms with E-state index >= 15 is 0 Å². The minimum atomic E-state index is -0.0495. The number of hydrogen-bond donors (Lipinski definition) is 0. The van der Waals surface area contributed by atoms with Crippen molar-refractivity contribution in [3.63, 3.8) is 0 Å². The Kier molecular flexibility index (Phi) is 7.61. The van der Waals surface area contributed by atoms with Gasteiger partial charge in [0.15, 0.2) is 0 Å². The van der Waals surface area contributed by atoms with Gasteiger partial charge in [0.05, 0.1) is 25.5 Å². The maximum atomic E-state index is 13.8. The predicted octanol–water partition coefficient (Wildman–Crippen LogP) is 5.72. The lowest BCUT2D eigenvalue weighted by atomic mass is 10.1. The SMILES string of the molecule is COc1ccc(C(=O)N2CCN(C(=O)c3cc(-c4ccc(Cl)cc4)n(-c4ccc(OC)cc4)c3C)CC2)cc1. The molecule has 0 unspecified atom stereocenters. The monoisotopic (exact) mass is 543 g/mol. The summed E-state index contributed by atoms with van der Waals surface area (Å²) in [5.41, 5.74) is 4.85. The van der Waals surface area contributed by atoms with Gasteiger partial charge in [0, 0.05) is 48.1 Å². The van der Waals surface area contributed by atoms with Crippen molar-refractivity contribution in [2.45, 2.75) is 6.92 Å². The first-order chi connectivity index (χ1) is 18.9. The number of carbonyl (C=O) groups is 2. The molecular weight excluding hydrogens is 514 g/mol. The van der Waals surface area contributed by atoms with Crippen LogP contribution in [0, 0.1) is 6.92 Å². The van der Waals surface area contributed by atoms with Gasteiger partial charge in [0.2, 0.25) is 0 Å². The number of halogens is 1. The van der Waals surface area contributed by atoms with Gasteiger partial charge in [-0.1, -0.05) is 23.7 Å². The highest BCUT2D eigenvalue weighted by Gasteiger charge is 2.28. The molecule has 2 heterocycles. The van der Waals surface area contributed by atoms with E-state index in [1.165, 1.54) is 0 Å². The topological polar surface area (TPSA) is 64.0 Å². The average Bonchev–Trinajstić information content (AvgIpc) is 3.33. The summed E-state index contributed by atoms with van der Waals surface area (Å²) in [6, 6.07) is 24.4. The van der Waals surface area contributed by atoms with Crippen LogP contribution in [0.2, 0.25) is 5.02 Å². The molecule has 0 aliphatic carbocycles. The van der Waals surface area contributed by atoms with Crippen LogP contribution in [0.25, 0.3) is 16.9 Å². The zero-order valence-electron chi connectivity index (χ0n) is 22.2. The van der Waals surface area contributed by atoms with E-state index in [9.17, 15) is 9.59 Å². The summed E-state index contributed by atoms with van der Waals surface area (Å²) < 4.78 is 12.6. The van der Waals surface area contributed by atoms with Gasteiger partial charge < -0.3 is 23.8 Å². The molecule has 8 heteroatoms. The minimum Gasteiger partial charge on any atom is -0.497 e. The summed E-state index contributed by atoms with van der Waals surface area (Å²) in [7, 11) is 3.23. The van der Waals surface area contributed by atoms with Crippen LogP contribution in [0.5, 0.6) is 11.5 Å². The maximum Gasteiger partial charge on any atom is 0.255 e. The van der Waals surface area contributed by atoms with Crippen molar-refractivity contribution in [3.05, 3.63) is 101 Å². The van der Waals surface area contributed by atoms with E-state index in [2.05, 4.69) is 4.57 Å².